The molecular weight excluding hydrogens is 250 g/mol. The number of halogens is 1. The lowest BCUT2D eigenvalue weighted by molar-refractivity contribution is 0.0599. The van der Waals surface area contributed by atoms with Gasteiger partial charge in [0.2, 0.25) is 5.01 Å². The van der Waals surface area contributed by atoms with Crippen molar-refractivity contribution in [1.29, 1.82) is 0 Å². The Labute approximate surface area is 89.1 Å². The van der Waals surface area contributed by atoms with Crippen molar-refractivity contribution in [2.45, 2.75) is 11.9 Å². The molecule has 1 rings (SSSR count). The number of esters is 1. The summed E-state index contributed by atoms with van der Waals surface area (Å²) in [6.07, 6.45) is 0. The molecule has 1 heterocycles. The molecule has 8 heteroatoms. The van der Waals surface area contributed by atoms with Crippen molar-refractivity contribution in [3.8, 4) is 0 Å². The van der Waals surface area contributed by atoms with Gasteiger partial charge in [0.05, 0.1) is 7.11 Å². The number of aryl methyl sites for hydroxylation is 1. The average molecular weight is 256 g/mol. The van der Waals surface area contributed by atoms with Crippen LogP contribution < -0.4 is 0 Å². The Hall–Kier alpha value is -0.660. The van der Waals surface area contributed by atoms with E-state index in [0.29, 0.717) is 4.88 Å². The van der Waals surface area contributed by atoms with Crippen molar-refractivity contribution in [1.82, 2.24) is 4.98 Å². The summed E-state index contributed by atoms with van der Waals surface area (Å²) in [5.74, 6) is -0.676. The second-order valence-corrected chi connectivity index (χ2v) is 5.99. The van der Waals surface area contributed by atoms with Crippen LogP contribution in [0.4, 0.5) is 0 Å². The molecular formula is C6H6ClNO4S2. The first kappa shape index (κ1) is 11.4. The van der Waals surface area contributed by atoms with Crippen LogP contribution in [0.25, 0.3) is 0 Å². The van der Waals surface area contributed by atoms with Crippen LogP contribution in [0.2, 0.25) is 0 Å². The minimum absolute atomic E-state index is 0.0239. The van der Waals surface area contributed by atoms with Crippen LogP contribution in [0.5, 0.6) is 0 Å². The van der Waals surface area contributed by atoms with E-state index < -0.39 is 15.0 Å². The molecule has 0 N–H and O–H groups in total. The Kier molecular flexibility index (Phi) is 3.13. The highest BCUT2D eigenvalue weighted by Crippen LogP contribution is 2.24. The third kappa shape index (κ3) is 2.23. The van der Waals surface area contributed by atoms with E-state index in [1.165, 1.54) is 14.0 Å². The van der Waals surface area contributed by atoms with Gasteiger partial charge in [0.25, 0.3) is 9.05 Å². The Morgan fingerprint density at radius 1 is 1.57 bits per heavy atom. The van der Waals surface area contributed by atoms with E-state index in [-0.39, 0.29) is 10.0 Å². The van der Waals surface area contributed by atoms with Gasteiger partial charge < -0.3 is 4.74 Å². The maximum absolute atomic E-state index is 11.0. The first-order valence-electron chi connectivity index (χ1n) is 3.36. The molecule has 0 bridgehead atoms. The lowest BCUT2D eigenvalue weighted by Crippen LogP contribution is -2.01. The lowest BCUT2D eigenvalue weighted by atomic mass is 10.6. The number of rotatable bonds is 2. The third-order valence-corrected chi connectivity index (χ3v) is 3.72. The molecule has 0 aliphatic heterocycles. The van der Waals surface area contributed by atoms with Gasteiger partial charge in [-0.15, -0.1) is 11.3 Å². The van der Waals surface area contributed by atoms with Gasteiger partial charge in [-0.05, 0) is 6.92 Å². The highest BCUT2D eigenvalue weighted by Gasteiger charge is 2.22. The molecule has 0 fully saturated rings. The SMILES string of the molecule is COC(=O)c1nc(S(=O)(=O)Cl)c(C)s1. The number of carbonyl (C=O) groups is 1. The lowest BCUT2D eigenvalue weighted by Gasteiger charge is -1.90. The summed E-state index contributed by atoms with van der Waals surface area (Å²) in [5.41, 5.74) is 0. The van der Waals surface area contributed by atoms with Crippen LogP contribution >= 0.6 is 22.0 Å². The van der Waals surface area contributed by atoms with Crippen molar-refractivity contribution in [2.75, 3.05) is 7.11 Å². The average Bonchev–Trinajstić information content (AvgIpc) is 2.45. The van der Waals surface area contributed by atoms with Crippen molar-refractivity contribution in [2.24, 2.45) is 0 Å². The van der Waals surface area contributed by atoms with Crippen LogP contribution in [-0.4, -0.2) is 26.5 Å². The van der Waals surface area contributed by atoms with Gasteiger partial charge in [0, 0.05) is 15.6 Å². The van der Waals surface area contributed by atoms with Gasteiger partial charge in [0.1, 0.15) is 0 Å². The van der Waals surface area contributed by atoms with Gasteiger partial charge in [-0.3, -0.25) is 0 Å². The van der Waals surface area contributed by atoms with E-state index in [4.69, 9.17) is 10.7 Å². The van der Waals surface area contributed by atoms with E-state index >= 15 is 0 Å². The molecule has 0 aliphatic carbocycles. The van der Waals surface area contributed by atoms with E-state index in [1.54, 1.807) is 0 Å². The summed E-state index contributed by atoms with van der Waals surface area (Å²) in [7, 11) is 2.39. The standard InChI is InChI=1S/C6H6ClNO4S2/c1-3-5(14(7,10)11)8-4(13-3)6(9)12-2/h1-2H3. The summed E-state index contributed by atoms with van der Waals surface area (Å²) in [5, 5.41) is -0.311. The summed E-state index contributed by atoms with van der Waals surface area (Å²) >= 11 is 0.925. The van der Waals surface area contributed by atoms with E-state index in [1.807, 2.05) is 0 Å². The Balaban J connectivity index is 3.25. The molecule has 1 aromatic rings. The maximum atomic E-state index is 11.0. The predicted octanol–water partition coefficient (Wildman–Crippen LogP) is 1.17. The van der Waals surface area contributed by atoms with Gasteiger partial charge >= 0.3 is 5.97 Å². The zero-order valence-electron chi connectivity index (χ0n) is 7.27. The van der Waals surface area contributed by atoms with E-state index in [2.05, 4.69) is 9.72 Å². The molecule has 0 spiro atoms. The Morgan fingerprint density at radius 3 is 2.50 bits per heavy atom. The Morgan fingerprint density at radius 2 is 2.14 bits per heavy atom. The zero-order chi connectivity index (χ0) is 10.9. The molecule has 0 aromatic carbocycles. The molecule has 1 aromatic heterocycles. The van der Waals surface area contributed by atoms with Crippen molar-refractivity contribution >= 4 is 37.0 Å². The van der Waals surface area contributed by atoms with Gasteiger partial charge in [-0.25, -0.2) is 18.2 Å². The van der Waals surface area contributed by atoms with E-state index in [9.17, 15) is 13.2 Å². The van der Waals surface area contributed by atoms with Crippen LogP contribution in [0.15, 0.2) is 5.03 Å². The summed E-state index contributed by atoms with van der Waals surface area (Å²) in [6.45, 7) is 1.51. The highest BCUT2D eigenvalue weighted by atomic mass is 35.7. The first-order chi connectivity index (χ1) is 6.36. The molecule has 14 heavy (non-hydrogen) atoms. The fraction of sp³-hybridized carbons (Fsp3) is 0.333. The van der Waals surface area contributed by atoms with Crippen molar-refractivity contribution in [3.63, 3.8) is 0 Å². The maximum Gasteiger partial charge on any atom is 0.367 e. The first-order valence-corrected chi connectivity index (χ1v) is 6.49. The monoisotopic (exact) mass is 255 g/mol. The molecule has 78 valence electrons. The van der Waals surface area contributed by atoms with Crippen LogP contribution in [0.1, 0.15) is 14.7 Å². The quantitative estimate of drug-likeness (QED) is 0.586. The number of thiazole rings is 1. The third-order valence-electron chi connectivity index (χ3n) is 1.34. The molecule has 0 radical (unpaired) electrons. The molecule has 0 atom stereocenters. The number of carbonyl (C=O) groups excluding carboxylic acids is 1. The second-order valence-electron chi connectivity index (χ2n) is 2.31. The fourth-order valence-corrected chi connectivity index (χ4v) is 3.15. The number of methoxy groups -OCH3 is 1. The summed E-state index contributed by atoms with van der Waals surface area (Å²) in [4.78, 5) is 14.9. The molecule has 0 aliphatic rings. The van der Waals surface area contributed by atoms with Crippen LogP contribution in [0, 0.1) is 6.92 Å². The fourth-order valence-electron chi connectivity index (χ4n) is 0.783. The molecule has 0 amide bonds. The molecule has 0 saturated heterocycles. The van der Waals surface area contributed by atoms with E-state index in [0.717, 1.165) is 11.3 Å². The molecule has 0 unspecified atom stereocenters. The number of hydrogen-bond donors (Lipinski definition) is 0. The number of hydrogen-bond acceptors (Lipinski definition) is 6. The van der Waals surface area contributed by atoms with Crippen molar-refractivity contribution in [3.05, 3.63) is 9.88 Å². The summed E-state index contributed by atoms with van der Waals surface area (Å²) < 4.78 is 26.3. The second kappa shape index (κ2) is 3.84. The smallest absolute Gasteiger partial charge is 0.367 e. The largest absolute Gasteiger partial charge is 0.464 e. The topological polar surface area (TPSA) is 73.3 Å². The van der Waals surface area contributed by atoms with Gasteiger partial charge in [-0.2, -0.15) is 0 Å². The van der Waals surface area contributed by atoms with Gasteiger partial charge in [0.15, 0.2) is 5.03 Å². The van der Waals surface area contributed by atoms with Crippen LogP contribution in [-0.2, 0) is 13.8 Å². The zero-order valence-corrected chi connectivity index (χ0v) is 9.66. The van der Waals surface area contributed by atoms with Gasteiger partial charge in [-0.1, -0.05) is 0 Å². The van der Waals surface area contributed by atoms with Crippen LogP contribution in [0.3, 0.4) is 0 Å². The normalized spacial score (nSPS) is 11.4. The predicted molar refractivity (Wildman–Crippen MR) is 51.2 cm³/mol. The molecule has 0 saturated carbocycles. The Bertz CT molecular complexity index is 464. The number of aromatic nitrogens is 1. The number of ether oxygens (including phenoxy) is 1. The van der Waals surface area contributed by atoms with Crippen molar-refractivity contribution < 1.29 is 17.9 Å². The minimum atomic E-state index is -3.89. The minimum Gasteiger partial charge on any atom is -0.464 e. The highest BCUT2D eigenvalue weighted by molar-refractivity contribution is 8.13. The molecule has 5 nitrogen and oxygen atoms in total. The summed E-state index contributed by atoms with van der Waals surface area (Å²) in [6, 6.07) is 0. The number of nitrogens with zero attached hydrogens (tertiary/aromatic N) is 1.